The summed E-state index contributed by atoms with van der Waals surface area (Å²) < 4.78 is 5.13. The van der Waals surface area contributed by atoms with Gasteiger partial charge in [-0.3, -0.25) is 4.79 Å². The summed E-state index contributed by atoms with van der Waals surface area (Å²) in [6, 6.07) is 18.3. The Hall–Kier alpha value is -2.33. The highest BCUT2D eigenvalue weighted by Crippen LogP contribution is 2.10. The monoisotopic (exact) mass is 326 g/mol. The van der Waals surface area contributed by atoms with E-state index in [4.69, 9.17) is 4.74 Å². The molecule has 0 atom stereocenters. The van der Waals surface area contributed by atoms with Crippen LogP contribution in [0.25, 0.3) is 0 Å². The zero-order valence-electron chi connectivity index (χ0n) is 14.3. The summed E-state index contributed by atoms with van der Waals surface area (Å²) in [5.74, 6) is 0.957. The Balaban J connectivity index is 1.51. The predicted molar refractivity (Wildman–Crippen MR) is 97.1 cm³/mol. The minimum atomic E-state index is 0.102. The van der Waals surface area contributed by atoms with Gasteiger partial charge in [0.25, 0.3) is 0 Å². The van der Waals surface area contributed by atoms with Gasteiger partial charge in [-0.15, -0.1) is 0 Å². The van der Waals surface area contributed by atoms with Crippen LogP contribution in [0, 0.1) is 0 Å². The van der Waals surface area contributed by atoms with Crippen LogP contribution in [0.5, 0.6) is 5.75 Å². The minimum Gasteiger partial charge on any atom is -0.497 e. The Kier molecular flexibility index (Phi) is 7.84. The summed E-state index contributed by atoms with van der Waals surface area (Å²) in [6.45, 7) is 2.16. The van der Waals surface area contributed by atoms with Crippen molar-refractivity contribution >= 4 is 5.91 Å². The SMILES string of the molecule is COc1ccc(CNCCC(=O)NCCCc2ccccc2)cc1. The maximum atomic E-state index is 11.8. The van der Waals surface area contributed by atoms with E-state index in [1.807, 2.05) is 42.5 Å². The second-order valence-electron chi connectivity index (χ2n) is 5.71. The normalized spacial score (nSPS) is 10.4. The second-order valence-corrected chi connectivity index (χ2v) is 5.71. The molecule has 0 aliphatic carbocycles. The first-order chi connectivity index (χ1) is 11.8. The van der Waals surface area contributed by atoms with Crippen molar-refractivity contribution in [2.45, 2.75) is 25.8 Å². The third-order valence-electron chi connectivity index (χ3n) is 3.82. The standard InChI is InChI=1S/C20H26N2O2/c1-24-19-11-9-18(10-12-19)16-21-15-13-20(23)22-14-5-8-17-6-3-2-4-7-17/h2-4,6-7,9-12,21H,5,8,13-16H2,1H3,(H,22,23). The number of ether oxygens (including phenoxy) is 1. The molecule has 0 spiro atoms. The number of rotatable bonds is 10. The third kappa shape index (κ3) is 6.84. The molecule has 0 unspecified atom stereocenters. The number of hydrogen-bond donors (Lipinski definition) is 2. The first-order valence-corrected chi connectivity index (χ1v) is 8.42. The van der Waals surface area contributed by atoms with Crippen LogP contribution >= 0.6 is 0 Å². The lowest BCUT2D eigenvalue weighted by Gasteiger charge is -2.07. The number of methoxy groups -OCH3 is 1. The van der Waals surface area contributed by atoms with Gasteiger partial charge >= 0.3 is 0 Å². The molecule has 2 N–H and O–H groups in total. The molecule has 0 aliphatic heterocycles. The van der Waals surface area contributed by atoms with E-state index >= 15 is 0 Å². The molecule has 4 heteroatoms. The predicted octanol–water partition coefficient (Wildman–Crippen LogP) is 2.92. The van der Waals surface area contributed by atoms with Crippen LogP contribution in [0.2, 0.25) is 0 Å². The molecule has 0 heterocycles. The lowest BCUT2D eigenvalue weighted by Crippen LogP contribution is -2.28. The summed E-state index contributed by atoms with van der Waals surface area (Å²) in [5.41, 5.74) is 2.49. The summed E-state index contributed by atoms with van der Waals surface area (Å²) in [7, 11) is 1.66. The van der Waals surface area contributed by atoms with Crippen LogP contribution in [0.1, 0.15) is 24.0 Å². The van der Waals surface area contributed by atoms with Gasteiger partial charge in [0.2, 0.25) is 5.91 Å². The van der Waals surface area contributed by atoms with Crippen molar-refractivity contribution in [2.75, 3.05) is 20.2 Å². The molecule has 0 saturated heterocycles. The number of carbonyl (C=O) groups excluding carboxylic acids is 1. The molecule has 4 nitrogen and oxygen atoms in total. The van der Waals surface area contributed by atoms with Gasteiger partial charge in [0.15, 0.2) is 0 Å². The first-order valence-electron chi connectivity index (χ1n) is 8.42. The van der Waals surface area contributed by atoms with Crippen molar-refractivity contribution in [1.82, 2.24) is 10.6 Å². The van der Waals surface area contributed by atoms with E-state index in [1.165, 1.54) is 11.1 Å². The van der Waals surface area contributed by atoms with Gasteiger partial charge in [-0.2, -0.15) is 0 Å². The topological polar surface area (TPSA) is 50.4 Å². The smallest absolute Gasteiger partial charge is 0.221 e. The molecular weight excluding hydrogens is 300 g/mol. The fraction of sp³-hybridized carbons (Fsp3) is 0.350. The van der Waals surface area contributed by atoms with E-state index < -0.39 is 0 Å². The van der Waals surface area contributed by atoms with Crippen LogP contribution in [0.4, 0.5) is 0 Å². The highest BCUT2D eigenvalue weighted by molar-refractivity contribution is 5.75. The van der Waals surface area contributed by atoms with E-state index in [9.17, 15) is 4.79 Å². The molecule has 0 fully saturated rings. The molecular formula is C20H26N2O2. The van der Waals surface area contributed by atoms with Crippen LogP contribution in [0.3, 0.4) is 0 Å². The van der Waals surface area contributed by atoms with E-state index in [0.717, 1.165) is 31.7 Å². The second kappa shape index (κ2) is 10.4. The molecule has 0 bridgehead atoms. The average molecular weight is 326 g/mol. The number of amides is 1. The Bertz CT molecular complexity index is 597. The van der Waals surface area contributed by atoms with Gasteiger partial charge in [0.1, 0.15) is 5.75 Å². The molecule has 24 heavy (non-hydrogen) atoms. The fourth-order valence-electron chi connectivity index (χ4n) is 2.43. The van der Waals surface area contributed by atoms with Crippen molar-refractivity contribution in [3.05, 3.63) is 65.7 Å². The number of benzene rings is 2. The Morgan fingerprint density at radius 3 is 2.42 bits per heavy atom. The van der Waals surface area contributed by atoms with Gasteiger partial charge in [0, 0.05) is 26.1 Å². The number of nitrogens with one attached hydrogen (secondary N) is 2. The van der Waals surface area contributed by atoms with Crippen LogP contribution in [-0.2, 0) is 17.8 Å². The molecule has 0 aromatic heterocycles. The van der Waals surface area contributed by atoms with Gasteiger partial charge in [-0.05, 0) is 36.1 Å². The molecule has 2 aromatic rings. The van der Waals surface area contributed by atoms with E-state index in [1.54, 1.807) is 7.11 Å². The molecule has 2 rings (SSSR count). The lowest BCUT2D eigenvalue weighted by molar-refractivity contribution is -0.121. The van der Waals surface area contributed by atoms with Crippen molar-refractivity contribution < 1.29 is 9.53 Å². The number of aryl methyl sites for hydroxylation is 1. The van der Waals surface area contributed by atoms with Gasteiger partial charge in [0.05, 0.1) is 7.11 Å². The first kappa shape index (κ1) is 18.0. The maximum Gasteiger partial charge on any atom is 0.221 e. The molecule has 0 radical (unpaired) electrons. The Morgan fingerprint density at radius 2 is 1.71 bits per heavy atom. The van der Waals surface area contributed by atoms with E-state index in [-0.39, 0.29) is 5.91 Å². The summed E-state index contributed by atoms with van der Waals surface area (Å²) in [6.07, 6.45) is 2.47. The maximum absolute atomic E-state index is 11.8. The van der Waals surface area contributed by atoms with Crippen LogP contribution < -0.4 is 15.4 Å². The number of carbonyl (C=O) groups is 1. The zero-order chi connectivity index (χ0) is 17.0. The van der Waals surface area contributed by atoms with Gasteiger partial charge in [-0.25, -0.2) is 0 Å². The quantitative estimate of drug-likeness (QED) is 0.660. The van der Waals surface area contributed by atoms with Gasteiger partial charge in [-0.1, -0.05) is 42.5 Å². The fourth-order valence-corrected chi connectivity index (χ4v) is 2.43. The van der Waals surface area contributed by atoms with Crippen LogP contribution in [0.15, 0.2) is 54.6 Å². The number of hydrogen-bond acceptors (Lipinski definition) is 3. The third-order valence-corrected chi connectivity index (χ3v) is 3.82. The average Bonchev–Trinajstić information content (AvgIpc) is 2.64. The van der Waals surface area contributed by atoms with E-state index in [2.05, 4.69) is 22.8 Å². The van der Waals surface area contributed by atoms with E-state index in [0.29, 0.717) is 13.0 Å². The Labute approximate surface area is 144 Å². The summed E-state index contributed by atoms with van der Waals surface area (Å²) in [4.78, 5) is 11.8. The highest BCUT2D eigenvalue weighted by Gasteiger charge is 2.01. The molecule has 1 amide bonds. The molecule has 128 valence electrons. The largest absolute Gasteiger partial charge is 0.497 e. The van der Waals surface area contributed by atoms with Crippen molar-refractivity contribution in [3.8, 4) is 5.75 Å². The Morgan fingerprint density at radius 1 is 0.958 bits per heavy atom. The minimum absolute atomic E-state index is 0.102. The van der Waals surface area contributed by atoms with Crippen LogP contribution in [-0.4, -0.2) is 26.1 Å². The van der Waals surface area contributed by atoms with Crippen molar-refractivity contribution in [3.63, 3.8) is 0 Å². The zero-order valence-corrected chi connectivity index (χ0v) is 14.3. The van der Waals surface area contributed by atoms with Crippen molar-refractivity contribution in [2.24, 2.45) is 0 Å². The molecule has 2 aromatic carbocycles. The van der Waals surface area contributed by atoms with Gasteiger partial charge < -0.3 is 15.4 Å². The molecule has 0 saturated carbocycles. The highest BCUT2D eigenvalue weighted by atomic mass is 16.5. The van der Waals surface area contributed by atoms with Crippen molar-refractivity contribution in [1.29, 1.82) is 0 Å². The summed E-state index contributed by atoms with van der Waals surface area (Å²) in [5, 5.41) is 6.26. The molecule has 0 aliphatic rings. The lowest BCUT2D eigenvalue weighted by atomic mass is 10.1. The summed E-state index contributed by atoms with van der Waals surface area (Å²) >= 11 is 0.